The molecule has 0 aliphatic carbocycles. The van der Waals surface area contributed by atoms with Gasteiger partial charge in [0.05, 0.1) is 6.26 Å². The van der Waals surface area contributed by atoms with Crippen LogP contribution >= 0.6 is 0 Å². The number of rotatable bonds is 12. The minimum Gasteiger partial charge on any atom is -0.491 e. The third kappa shape index (κ3) is 10.1. The van der Waals surface area contributed by atoms with Crippen LogP contribution in [0.25, 0.3) is 0 Å². The first-order valence-corrected chi connectivity index (χ1v) is 9.89. The summed E-state index contributed by atoms with van der Waals surface area (Å²) >= 11 is 0. The number of aliphatic hydroxyl groups is 1. The maximum atomic E-state index is 11.1. The molecule has 132 valence electrons. The number of unbranched alkanes of at least 4 members (excludes halogenated alkanes) is 3. The van der Waals surface area contributed by atoms with Gasteiger partial charge in [-0.15, -0.1) is 0 Å². The van der Waals surface area contributed by atoms with Gasteiger partial charge in [-0.3, -0.25) is 4.72 Å². The Labute approximate surface area is 139 Å². The van der Waals surface area contributed by atoms with Crippen LogP contribution in [0.5, 0.6) is 5.75 Å². The Hall–Kier alpha value is -1.31. The highest BCUT2D eigenvalue weighted by atomic mass is 32.2. The second-order valence-corrected chi connectivity index (χ2v) is 7.38. The van der Waals surface area contributed by atoms with E-state index in [1.807, 2.05) is 0 Å². The van der Waals surface area contributed by atoms with Gasteiger partial charge in [-0.25, -0.2) is 8.42 Å². The fraction of sp³-hybridized carbons (Fsp3) is 0.625. The van der Waals surface area contributed by atoms with Crippen LogP contribution in [-0.2, 0) is 10.0 Å². The molecule has 7 heteroatoms. The number of sulfonamides is 1. The van der Waals surface area contributed by atoms with Gasteiger partial charge in [0.15, 0.2) is 0 Å². The number of ether oxygens (including phenoxy) is 1. The van der Waals surface area contributed by atoms with Crippen molar-refractivity contribution in [2.45, 2.75) is 38.7 Å². The van der Waals surface area contributed by atoms with Crippen molar-refractivity contribution in [1.29, 1.82) is 0 Å². The van der Waals surface area contributed by atoms with E-state index in [-0.39, 0.29) is 6.61 Å². The molecule has 0 fully saturated rings. The molecule has 1 rings (SSSR count). The number of anilines is 1. The lowest BCUT2D eigenvalue weighted by molar-refractivity contribution is 0.106. The molecule has 0 radical (unpaired) electrons. The van der Waals surface area contributed by atoms with Crippen molar-refractivity contribution in [3.05, 3.63) is 24.3 Å². The molecule has 0 aliphatic heterocycles. The second kappa shape index (κ2) is 10.5. The molecule has 23 heavy (non-hydrogen) atoms. The fourth-order valence-corrected chi connectivity index (χ4v) is 2.59. The highest BCUT2D eigenvalue weighted by Crippen LogP contribution is 2.16. The van der Waals surface area contributed by atoms with E-state index >= 15 is 0 Å². The molecule has 1 unspecified atom stereocenters. The maximum absolute atomic E-state index is 11.1. The number of aliphatic hydroxyl groups excluding tert-OH is 1. The van der Waals surface area contributed by atoms with Crippen LogP contribution in [0.15, 0.2) is 24.3 Å². The van der Waals surface area contributed by atoms with Crippen molar-refractivity contribution in [3.63, 3.8) is 0 Å². The molecular formula is C16H28N2O4S. The zero-order valence-electron chi connectivity index (χ0n) is 13.9. The van der Waals surface area contributed by atoms with Crippen molar-refractivity contribution < 1.29 is 18.3 Å². The minimum absolute atomic E-state index is 0.195. The Balaban J connectivity index is 2.21. The van der Waals surface area contributed by atoms with Crippen LogP contribution in [0.2, 0.25) is 0 Å². The molecule has 3 N–H and O–H groups in total. The second-order valence-electron chi connectivity index (χ2n) is 5.63. The lowest BCUT2D eigenvalue weighted by atomic mass is 10.2. The zero-order valence-corrected chi connectivity index (χ0v) is 14.7. The van der Waals surface area contributed by atoms with E-state index in [2.05, 4.69) is 17.0 Å². The van der Waals surface area contributed by atoms with Crippen molar-refractivity contribution in [1.82, 2.24) is 5.32 Å². The van der Waals surface area contributed by atoms with Gasteiger partial charge in [-0.05, 0) is 37.2 Å². The quantitative estimate of drug-likeness (QED) is 0.505. The summed E-state index contributed by atoms with van der Waals surface area (Å²) in [5.74, 6) is 0.589. The Bertz CT molecular complexity index is 532. The van der Waals surface area contributed by atoms with Crippen LogP contribution < -0.4 is 14.8 Å². The Morgan fingerprint density at radius 1 is 1.17 bits per heavy atom. The van der Waals surface area contributed by atoms with Crippen LogP contribution in [0.4, 0.5) is 5.69 Å². The molecule has 0 bridgehead atoms. The first kappa shape index (κ1) is 19.7. The standard InChI is InChI=1S/C16H28N2O4S/c1-3-4-5-6-11-17-12-15(19)13-22-16-9-7-14(8-10-16)18-23(2,20)21/h7-10,15,17-19H,3-6,11-13H2,1-2H3. The predicted molar refractivity (Wildman–Crippen MR) is 93.4 cm³/mol. The minimum atomic E-state index is -3.27. The Kier molecular flexibility index (Phi) is 8.98. The molecule has 0 aliphatic rings. The molecule has 0 heterocycles. The molecule has 0 amide bonds. The first-order chi connectivity index (χ1) is 10.9. The summed E-state index contributed by atoms with van der Waals surface area (Å²) in [5, 5.41) is 13.0. The van der Waals surface area contributed by atoms with Crippen LogP contribution in [0.1, 0.15) is 32.6 Å². The molecule has 1 aromatic rings. The summed E-state index contributed by atoms with van der Waals surface area (Å²) in [7, 11) is -3.27. The number of hydrogen-bond donors (Lipinski definition) is 3. The van der Waals surface area contributed by atoms with Crippen molar-refractivity contribution >= 4 is 15.7 Å². The van der Waals surface area contributed by atoms with Gasteiger partial charge in [0.25, 0.3) is 0 Å². The SMILES string of the molecule is CCCCCCNCC(O)COc1ccc(NS(C)(=O)=O)cc1. The van der Waals surface area contributed by atoms with E-state index < -0.39 is 16.1 Å². The average molecular weight is 344 g/mol. The maximum Gasteiger partial charge on any atom is 0.229 e. The van der Waals surface area contributed by atoms with Gasteiger partial charge in [-0.2, -0.15) is 0 Å². The Morgan fingerprint density at radius 2 is 1.87 bits per heavy atom. The van der Waals surface area contributed by atoms with E-state index in [4.69, 9.17) is 4.74 Å². The van der Waals surface area contributed by atoms with Crippen molar-refractivity contribution in [2.75, 3.05) is 30.7 Å². The summed E-state index contributed by atoms with van der Waals surface area (Å²) in [6, 6.07) is 6.57. The smallest absolute Gasteiger partial charge is 0.229 e. The topological polar surface area (TPSA) is 87.7 Å². The molecular weight excluding hydrogens is 316 g/mol. The van der Waals surface area contributed by atoms with Gasteiger partial charge >= 0.3 is 0 Å². The molecule has 1 aromatic carbocycles. The zero-order chi connectivity index (χ0) is 17.1. The average Bonchev–Trinajstić information content (AvgIpc) is 2.48. The summed E-state index contributed by atoms with van der Waals surface area (Å²) in [6.07, 6.45) is 5.32. The highest BCUT2D eigenvalue weighted by molar-refractivity contribution is 7.92. The molecule has 6 nitrogen and oxygen atoms in total. The Morgan fingerprint density at radius 3 is 2.48 bits per heavy atom. The fourth-order valence-electron chi connectivity index (χ4n) is 2.03. The van der Waals surface area contributed by atoms with E-state index in [9.17, 15) is 13.5 Å². The first-order valence-electron chi connectivity index (χ1n) is 8.00. The molecule has 0 spiro atoms. The van der Waals surface area contributed by atoms with Gasteiger partial charge in [-0.1, -0.05) is 26.2 Å². The lowest BCUT2D eigenvalue weighted by Crippen LogP contribution is -2.32. The monoisotopic (exact) mass is 344 g/mol. The third-order valence-corrected chi connectivity index (χ3v) is 3.79. The van der Waals surface area contributed by atoms with E-state index in [1.165, 1.54) is 19.3 Å². The van der Waals surface area contributed by atoms with Crippen molar-refractivity contribution in [2.24, 2.45) is 0 Å². The molecule has 0 aromatic heterocycles. The van der Waals surface area contributed by atoms with E-state index in [0.29, 0.717) is 18.0 Å². The molecule has 0 saturated heterocycles. The van der Waals surface area contributed by atoms with Gasteiger partial charge in [0.2, 0.25) is 10.0 Å². The molecule has 0 saturated carbocycles. The normalized spacial score (nSPS) is 12.8. The predicted octanol–water partition coefficient (Wildman–Crippen LogP) is 1.97. The van der Waals surface area contributed by atoms with Crippen LogP contribution in [-0.4, -0.2) is 45.6 Å². The number of benzene rings is 1. The van der Waals surface area contributed by atoms with Crippen LogP contribution in [0, 0.1) is 0 Å². The number of nitrogens with one attached hydrogen (secondary N) is 2. The lowest BCUT2D eigenvalue weighted by Gasteiger charge is -2.13. The summed E-state index contributed by atoms with van der Waals surface area (Å²) < 4.78 is 30.1. The van der Waals surface area contributed by atoms with Crippen molar-refractivity contribution in [3.8, 4) is 5.75 Å². The van der Waals surface area contributed by atoms with Crippen LogP contribution in [0.3, 0.4) is 0 Å². The van der Waals surface area contributed by atoms with Gasteiger partial charge < -0.3 is 15.2 Å². The summed E-state index contributed by atoms with van der Waals surface area (Å²) in [4.78, 5) is 0. The van der Waals surface area contributed by atoms with E-state index in [1.54, 1.807) is 24.3 Å². The molecule has 1 atom stereocenters. The largest absolute Gasteiger partial charge is 0.491 e. The number of hydrogen-bond acceptors (Lipinski definition) is 5. The van der Waals surface area contributed by atoms with Gasteiger partial charge in [0.1, 0.15) is 18.5 Å². The van der Waals surface area contributed by atoms with E-state index in [0.717, 1.165) is 19.2 Å². The highest BCUT2D eigenvalue weighted by Gasteiger charge is 2.06. The summed E-state index contributed by atoms with van der Waals surface area (Å²) in [6.45, 7) is 3.78. The summed E-state index contributed by atoms with van der Waals surface area (Å²) in [5.41, 5.74) is 0.481. The van der Waals surface area contributed by atoms with Gasteiger partial charge in [0, 0.05) is 12.2 Å². The third-order valence-electron chi connectivity index (χ3n) is 3.19.